The van der Waals surface area contributed by atoms with E-state index in [1.165, 1.54) is 12.1 Å². The number of rotatable bonds is 6. The van der Waals surface area contributed by atoms with Crippen molar-refractivity contribution in [2.45, 2.75) is 12.5 Å². The van der Waals surface area contributed by atoms with Gasteiger partial charge in [0.1, 0.15) is 6.04 Å². The lowest BCUT2D eigenvalue weighted by Gasteiger charge is -2.16. The Labute approximate surface area is 121 Å². The van der Waals surface area contributed by atoms with Crippen LogP contribution in [0.1, 0.15) is 15.9 Å². The summed E-state index contributed by atoms with van der Waals surface area (Å²) in [5, 5.41) is 21.1. The normalized spacial score (nSPS) is 11.6. The third-order valence-electron chi connectivity index (χ3n) is 3.03. The van der Waals surface area contributed by atoms with Crippen molar-refractivity contribution in [1.29, 1.82) is 0 Å². The lowest BCUT2D eigenvalue weighted by Crippen LogP contribution is -2.31. The summed E-state index contributed by atoms with van der Waals surface area (Å²) in [5.41, 5.74) is 1.48. The molecule has 2 rings (SSSR count). The predicted molar refractivity (Wildman–Crippen MR) is 78.6 cm³/mol. The van der Waals surface area contributed by atoms with Gasteiger partial charge in [-0.2, -0.15) is 0 Å². The van der Waals surface area contributed by atoms with Crippen LogP contribution in [0.2, 0.25) is 0 Å². The smallest absolute Gasteiger partial charge is 0.335 e. The number of hydrogen-bond acceptors (Lipinski definition) is 3. The molecule has 5 nitrogen and oxygen atoms in total. The van der Waals surface area contributed by atoms with E-state index in [0.29, 0.717) is 12.1 Å². The van der Waals surface area contributed by atoms with Gasteiger partial charge in [0.05, 0.1) is 5.56 Å². The van der Waals surface area contributed by atoms with Gasteiger partial charge in [-0.05, 0) is 23.8 Å². The van der Waals surface area contributed by atoms with Crippen LogP contribution >= 0.6 is 0 Å². The molecule has 5 heteroatoms. The Morgan fingerprint density at radius 3 is 2.33 bits per heavy atom. The zero-order chi connectivity index (χ0) is 15.2. The molecule has 0 aromatic heterocycles. The second-order valence-electron chi connectivity index (χ2n) is 4.61. The summed E-state index contributed by atoms with van der Waals surface area (Å²) in [4.78, 5) is 22.3. The highest BCUT2D eigenvalue weighted by molar-refractivity contribution is 5.89. The molecule has 0 amide bonds. The van der Waals surface area contributed by atoms with Crippen LogP contribution in [0.15, 0.2) is 54.6 Å². The Kier molecular flexibility index (Phi) is 4.56. The molecule has 2 aromatic rings. The van der Waals surface area contributed by atoms with Gasteiger partial charge in [-0.3, -0.25) is 0 Å². The van der Waals surface area contributed by atoms with Crippen LogP contribution < -0.4 is 5.32 Å². The van der Waals surface area contributed by atoms with Crippen LogP contribution in [0, 0.1) is 0 Å². The summed E-state index contributed by atoms with van der Waals surface area (Å²) < 4.78 is 0. The number of carboxylic acid groups (broad SMARTS) is 2. The van der Waals surface area contributed by atoms with E-state index in [1.807, 2.05) is 30.3 Å². The Hall–Kier alpha value is -2.82. The fourth-order valence-electron chi connectivity index (χ4n) is 1.99. The van der Waals surface area contributed by atoms with E-state index in [2.05, 4.69) is 5.32 Å². The first kappa shape index (κ1) is 14.6. The van der Waals surface area contributed by atoms with Gasteiger partial charge in [0, 0.05) is 12.1 Å². The SMILES string of the molecule is O=C(O)c1cccc(NC(Cc2ccccc2)C(=O)O)c1. The molecule has 0 spiro atoms. The highest BCUT2D eigenvalue weighted by Gasteiger charge is 2.18. The Morgan fingerprint density at radius 2 is 1.71 bits per heavy atom. The molecule has 0 aliphatic carbocycles. The van der Waals surface area contributed by atoms with Gasteiger partial charge in [0.2, 0.25) is 0 Å². The molecule has 0 aliphatic heterocycles. The van der Waals surface area contributed by atoms with E-state index in [0.717, 1.165) is 5.56 Å². The molecule has 0 bridgehead atoms. The number of nitrogens with one attached hydrogen (secondary N) is 1. The Morgan fingerprint density at radius 1 is 1.00 bits per heavy atom. The molecule has 1 unspecified atom stereocenters. The van der Waals surface area contributed by atoms with Crippen molar-refractivity contribution in [2.75, 3.05) is 5.32 Å². The van der Waals surface area contributed by atoms with Crippen molar-refractivity contribution in [1.82, 2.24) is 0 Å². The summed E-state index contributed by atoms with van der Waals surface area (Å²) >= 11 is 0. The van der Waals surface area contributed by atoms with Crippen LogP contribution in [0.4, 0.5) is 5.69 Å². The third kappa shape index (κ3) is 4.07. The lowest BCUT2D eigenvalue weighted by molar-refractivity contribution is -0.137. The lowest BCUT2D eigenvalue weighted by atomic mass is 10.1. The molecule has 108 valence electrons. The van der Waals surface area contributed by atoms with E-state index >= 15 is 0 Å². The first-order valence-electron chi connectivity index (χ1n) is 6.43. The number of carboxylic acids is 2. The largest absolute Gasteiger partial charge is 0.480 e. The summed E-state index contributed by atoms with van der Waals surface area (Å²) in [6, 6.07) is 14.5. The van der Waals surface area contributed by atoms with E-state index in [4.69, 9.17) is 5.11 Å². The van der Waals surface area contributed by atoms with Gasteiger partial charge in [-0.25, -0.2) is 9.59 Å². The van der Waals surface area contributed by atoms with Crippen LogP contribution in [-0.2, 0) is 11.2 Å². The maximum Gasteiger partial charge on any atom is 0.335 e. The van der Waals surface area contributed by atoms with Crippen molar-refractivity contribution >= 4 is 17.6 Å². The summed E-state index contributed by atoms with van der Waals surface area (Å²) in [5.74, 6) is -2.03. The topological polar surface area (TPSA) is 86.6 Å². The molecule has 0 saturated carbocycles. The molecule has 3 N–H and O–H groups in total. The number of benzene rings is 2. The molecule has 0 fully saturated rings. The van der Waals surface area contributed by atoms with E-state index in [-0.39, 0.29) is 5.56 Å². The quantitative estimate of drug-likeness (QED) is 0.759. The summed E-state index contributed by atoms with van der Waals surface area (Å²) in [6.45, 7) is 0. The first-order chi connectivity index (χ1) is 10.1. The Bertz CT molecular complexity index is 640. The standard InChI is InChI=1S/C16H15NO4/c18-15(19)12-7-4-8-13(10-12)17-14(16(20)21)9-11-5-2-1-3-6-11/h1-8,10,14,17H,9H2,(H,18,19)(H,20,21). The average Bonchev–Trinajstić information content (AvgIpc) is 2.48. The maximum atomic E-state index is 11.3. The van der Waals surface area contributed by atoms with Crippen LogP contribution in [0.3, 0.4) is 0 Å². The molecule has 0 radical (unpaired) electrons. The van der Waals surface area contributed by atoms with Gasteiger partial charge >= 0.3 is 11.9 Å². The van der Waals surface area contributed by atoms with Crippen molar-refractivity contribution < 1.29 is 19.8 Å². The molecule has 2 aromatic carbocycles. The zero-order valence-electron chi connectivity index (χ0n) is 11.2. The van der Waals surface area contributed by atoms with Crippen LogP contribution in [0.25, 0.3) is 0 Å². The minimum Gasteiger partial charge on any atom is -0.480 e. The molecule has 0 heterocycles. The highest BCUT2D eigenvalue weighted by atomic mass is 16.4. The fraction of sp³-hybridized carbons (Fsp3) is 0.125. The zero-order valence-corrected chi connectivity index (χ0v) is 11.2. The molecule has 0 saturated heterocycles. The van der Waals surface area contributed by atoms with Gasteiger partial charge in [0.15, 0.2) is 0 Å². The monoisotopic (exact) mass is 285 g/mol. The van der Waals surface area contributed by atoms with Crippen molar-refractivity contribution in [3.63, 3.8) is 0 Å². The van der Waals surface area contributed by atoms with E-state index in [1.54, 1.807) is 12.1 Å². The minimum atomic E-state index is -1.05. The fourth-order valence-corrected chi connectivity index (χ4v) is 1.99. The van der Waals surface area contributed by atoms with Crippen molar-refractivity contribution in [3.8, 4) is 0 Å². The maximum absolute atomic E-state index is 11.3. The molecule has 0 aliphatic rings. The van der Waals surface area contributed by atoms with Crippen LogP contribution in [-0.4, -0.2) is 28.2 Å². The number of carbonyl (C=O) groups is 2. The predicted octanol–water partition coefficient (Wildman–Crippen LogP) is 2.49. The molecular formula is C16H15NO4. The number of aliphatic carboxylic acids is 1. The van der Waals surface area contributed by atoms with Crippen molar-refractivity contribution in [2.24, 2.45) is 0 Å². The van der Waals surface area contributed by atoms with Crippen LogP contribution in [0.5, 0.6) is 0 Å². The highest BCUT2D eigenvalue weighted by Crippen LogP contribution is 2.14. The second kappa shape index (κ2) is 6.56. The number of anilines is 1. The summed E-state index contributed by atoms with van der Waals surface area (Å²) in [7, 11) is 0. The van der Waals surface area contributed by atoms with Crippen molar-refractivity contribution in [3.05, 3.63) is 65.7 Å². The average molecular weight is 285 g/mol. The third-order valence-corrected chi connectivity index (χ3v) is 3.03. The number of hydrogen-bond donors (Lipinski definition) is 3. The minimum absolute atomic E-state index is 0.115. The van der Waals surface area contributed by atoms with Gasteiger partial charge in [-0.15, -0.1) is 0 Å². The number of aromatic carboxylic acids is 1. The molecule has 1 atom stereocenters. The van der Waals surface area contributed by atoms with Gasteiger partial charge in [0.25, 0.3) is 0 Å². The van der Waals surface area contributed by atoms with Gasteiger partial charge in [-0.1, -0.05) is 36.4 Å². The van der Waals surface area contributed by atoms with E-state index in [9.17, 15) is 14.7 Å². The Balaban J connectivity index is 2.15. The molecular weight excluding hydrogens is 270 g/mol. The van der Waals surface area contributed by atoms with Gasteiger partial charge < -0.3 is 15.5 Å². The molecule has 21 heavy (non-hydrogen) atoms. The first-order valence-corrected chi connectivity index (χ1v) is 6.43. The summed E-state index contributed by atoms with van der Waals surface area (Å²) in [6.07, 6.45) is 0.313. The van der Waals surface area contributed by atoms with E-state index < -0.39 is 18.0 Å². The second-order valence-corrected chi connectivity index (χ2v) is 4.61.